The highest BCUT2D eigenvalue weighted by molar-refractivity contribution is 5.95. The molecule has 0 radical (unpaired) electrons. The molecule has 1 aliphatic heterocycles. The van der Waals surface area contributed by atoms with E-state index in [1.165, 1.54) is 10.5 Å². The van der Waals surface area contributed by atoms with Crippen molar-refractivity contribution in [3.05, 3.63) is 35.9 Å². The van der Waals surface area contributed by atoms with Crippen molar-refractivity contribution in [1.82, 2.24) is 4.90 Å². The molecule has 1 fully saturated rings. The average Bonchev–Trinajstić information content (AvgIpc) is 2.62. The Morgan fingerprint density at radius 1 is 1.28 bits per heavy atom. The summed E-state index contributed by atoms with van der Waals surface area (Å²) in [6.07, 6.45) is 1.18. The van der Waals surface area contributed by atoms with E-state index in [4.69, 9.17) is 0 Å². The lowest BCUT2D eigenvalue weighted by atomic mass is 10.0. The van der Waals surface area contributed by atoms with Crippen LogP contribution in [0.15, 0.2) is 30.3 Å². The number of carbonyl (C=O) groups excluding carboxylic acids is 2. The van der Waals surface area contributed by atoms with E-state index in [-0.39, 0.29) is 6.04 Å². The number of carbonyl (C=O) groups is 2. The minimum absolute atomic E-state index is 0.000781. The van der Waals surface area contributed by atoms with Gasteiger partial charge in [0.05, 0.1) is 0 Å². The van der Waals surface area contributed by atoms with Crippen molar-refractivity contribution in [3.8, 4) is 0 Å². The molecule has 0 saturated carbocycles. The summed E-state index contributed by atoms with van der Waals surface area (Å²) in [5.74, 6) is -0.452. The fourth-order valence-electron chi connectivity index (χ4n) is 2.22. The monoisotopic (exact) mass is 247 g/mol. The molecular formula is C14H17NO3. The van der Waals surface area contributed by atoms with Crippen LogP contribution in [-0.4, -0.2) is 29.0 Å². The fourth-order valence-corrected chi connectivity index (χ4v) is 2.22. The third-order valence-electron chi connectivity index (χ3n) is 3.33. The Balaban J connectivity index is 1.94. The number of cyclic esters (lactones) is 2. The maximum atomic E-state index is 11.5. The predicted octanol–water partition coefficient (Wildman–Crippen LogP) is 2.38. The van der Waals surface area contributed by atoms with Crippen LogP contribution in [0.4, 0.5) is 4.79 Å². The summed E-state index contributed by atoms with van der Waals surface area (Å²) in [7, 11) is 0. The maximum absolute atomic E-state index is 11.5. The summed E-state index contributed by atoms with van der Waals surface area (Å²) in [6, 6.07) is 9.62. The molecule has 1 aromatic rings. The Kier molecular flexibility index (Phi) is 3.65. The molecule has 1 amide bonds. The topological polar surface area (TPSA) is 46.6 Å². The Morgan fingerprint density at radius 2 is 1.94 bits per heavy atom. The summed E-state index contributed by atoms with van der Waals surface area (Å²) in [6.45, 7) is 3.64. The molecule has 0 bridgehead atoms. The van der Waals surface area contributed by atoms with E-state index in [0.717, 1.165) is 12.8 Å². The third kappa shape index (κ3) is 2.53. The van der Waals surface area contributed by atoms with Crippen LogP contribution in [0, 0.1) is 0 Å². The minimum Gasteiger partial charge on any atom is -0.375 e. The molecule has 2 rings (SSSR count). The van der Waals surface area contributed by atoms with Gasteiger partial charge in [-0.25, -0.2) is 9.59 Å². The van der Waals surface area contributed by atoms with Gasteiger partial charge in [-0.15, -0.1) is 0 Å². The van der Waals surface area contributed by atoms with E-state index >= 15 is 0 Å². The number of ether oxygens (including phenoxy) is 1. The highest BCUT2D eigenvalue weighted by Gasteiger charge is 2.40. The van der Waals surface area contributed by atoms with Crippen molar-refractivity contribution in [2.24, 2.45) is 0 Å². The van der Waals surface area contributed by atoms with Gasteiger partial charge in [-0.3, -0.25) is 4.90 Å². The zero-order valence-electron chi connectivity index (χ0n) is 10.6. The standard InChI is InChI=1S/C14H17NO3/c1-10(8-9-12-6-4-3-5-7-12)15-11(2)13(16)18-14(15)17/h3-7,10-11H,8-9H2,1-2H3. The summed E-state index contributed by atoms with van der Waals surface area (Å²) in [5, 5.41) is 0. The van der Waals surface area contributed by atoms with Crippen molar-refractivity contribution >= 4 is 12.1 Å². The van der Waals surface area contributed by atoms with Gasteiger partial charge in [-0.1, -0.05) is 30.3 Å². The number of esters is 1. The Bertz CT molecular complexity index is 444. The molecule has 4 heteroatoms. The van der Waals surface area contributed by atoms with Crippen LogP contribution in [0.5, 0.6) is 0 Å². The second-order valence-corrected chi connectivity index (χ2v) is 4.64. The van der Waals surface area contributed by atoms with Crippen LogP contribution in [0.1, 0.15) is 25.8 Å². The van der Waals surface area contributed by atoms with Gasteiger partial charge in [-0.2, -0.15) is 0 Å². The summed E-state index contributed by atoms with van der Waals surface area (Å²) < 4.78 is 4.61. The molecule has 1 aliphatic rings. The first-order valence-corrected chi connectivity index (χ1v) is 6.17. The van der Waals surface area contributed by atoms with Gasteiger partial charge in [0.1, 0.15) is 6.04 Å². The van der Waals surface area contributed by atoms with E-state index in [1.54, 1.807) is 6.92 Å². The zero-order chi connectivity index (χ0) is 13.1. The summed E-state index contributed by atoms with van der Waals surface area (Å²) in [4.78, 5) is 24.3. The quantitative estimate of drug-likeness (QED) is 0.606. The Labute approximate surface area is 107 Å². The summed E-state index contributed by atoms with van der Waals surface area (Å²) in [5.41, 5.74) is 1.23. The van der Waals surface area contributed by atoms with Gasteiger partial charge < -0.3 is 4.74 Å². The van der Waals surface area contributed by atoms with Gasteiger partial charge >= 0.3 is 12.1 Å². The lowest BCUT2D eigenvalue weighted by Crippen LogP contribution is -2.40. The van der Waals surface area contributed by atoms with E-state index in [1.807, 2.05) is 25.1 Å². The first-order chi connectivity index (χ1) is 8.59. The molecule has 0 aromatic heterocycles. The number of rotatable bonds is 4. The lowest BCUT2D eigenvalue weighted by molar-refractivity contribution is -0.135. The molecule has 1 saturated heterocycles. The highest BCUT2D eigenvalue weighted by Crippen LogP contribution is 2.20. The van der Waals surface area contributed by atoms with Gasteiger partial charge in [0, 0.05) is 6.04 Å². The van der Waals surface area contributed by atoms with Crippen molar-refractivity contribution < 1.29 is 14.3 Å². The number of benzene rings is 1. The molecule has 2 unspecified atom stereocenters. The molecule has 4 nitrogen and oxygen atoms in total. The van der Waals surface area contributed by atoms with E-state index in [0.29, 0.717) is 0 Å². The average molecular weight is 247 g/mol. The Morgan fingerprint density at radius 3 is 2.50 bits per heavy atom. The van der Waals surface area contributed by atoms with Crippen molar-refractivity contribution in [1.29, 1.82) is 0 Å². The third-order valence-corrected chi connectivity index (χ3v) is 3.33. The van der Waals surface area contributed by atoms with Crippen LogP contribution in [0.25, 0.3) is 0 Å². The van der Waals surface area contributed by atoms with Crippen LogP contribution < -0.4 is 0 Å². The normalized spacial score (nSPS) is 21.0. The molecule has 1 heterocycles. The lowest BCUT2D eigenvalue weighted by Gasteiger charge is -2.24. The molecule has 0 spiro atoms. The van der Waals surface area contributed by atoms with Crippen molar-refractivity contribution in [2.75, 3.05) is 0 Å². The smallest absolute Gasteiger partial charge is 0.375 e. The number of nitrogens with zero attached hydrogens (tertiary/aromatic N) is 1. The largest absolute Gasteiger partial charge is 0.418 e. The van der Waals surface area contributed by atoms with Crippen LogP contribution in [0.3, 0.4) is 0 Å². The van der Waals surface area contributed by atoms with E-state index in [9.17, 15) is 9.59 Å². The molecule has 0 N–H and O–H groups in total. The molecule has 18 heavy (non-hydrogen) atoms. The first-order valence-electron chi connectivity index (χ1n) is 6.17. The summed E-state index contributed by atoms with van der Waals surface area (Å²) >= 11 is 0. The van der Waals surface area contributed by atoms with Gasteiger partial charge in [0.2, 0.25) is 0 Å². The SMILES string of the molecule is CC(CCc1ccccc1)N1C(=O)OC(=O)C1C. The van der Waals surface area contributed by atoms with Crippen molar-refractivity contribution in [2.45, 2.75) is 38.8 Å². The Hall–Kier alpha value is -1.84. The molecule has 1 aromatic carbocycles. The van der Waals surface area contributed by atoms with E-state index < -0.39 is 18.1 Å². The number of hydrogen-bond donors (Lipinski definition) is 0. The van der Waals surface area contributed by atoms with Crippen molar-refractivity contribution in [3.63, 3.8) is 0 Å². The van der Waals surface area contributed by atoms with Gasteiger partial charge in [0.25, 0.3) is 0 Å². The van der Waals surface area contributed by atoms with Crippen LogP contribution in [0.2, 0.25) is 0 Å². The van der Waals surface area contributed by atoms with Gasteiger partial charge in [0.15, 0.2) is 0 Å². The number of hydrogen-bond acceptors (Lipinski definition) is 3. The zero-order valence-corrected chi connectivity index (χ0v) is 10.6. The predicted molar refractivity (Wildman–Crippen MR) is 67.0 cm³/mol. The molecule has 2 atom stereocenters. The maximum Gasteiger partial charge on any atom is 0.418 e. The minimum atomic E-state index is -0.520. The van der Waals surface area contributed by atoms with Crippen LogP contribution >= 0.6 is 0 Å². The first kappa shape index (κ1) is 12.6. The highest BCUT2D eigenvalue weighted by atomic mass is 16.6. The number of amides is 1. The molecule has 96 valence electrons. The second-order valence-electron chi connectivity index (χ2n) is 4.64. The van der Waals surface area contributed by atoms with Gasteiger partial charge in [-0.05, 0) is 32.3 Å². The fraction of sp³-hybridized carbons (Fsp3) is 0.429. The second kappa shape index (κ2) is 5.21. The number of aryl methyl sites for hydroxylation is 1. The van der Waals surface area contributed by atoms with Crippen LogP contribution in [-0.2, 0) is 16.0 Å². The molecule has 0 aliphatic carbocycles. The van der Waals surface area contributed by atoms with E-state index in [2.05, 4.69) is 16.9 Å². The molecular weight excluding hydrogens is 230 g/mol.